The molecular weight excluding hydrogens is 228 g/mol. The molecule has 0 aliphatic rings. The molecule has 1 aromatic rings. The number of ether oxygens (including phenoxy) is 1. The summed E-state index contributed by atoms with van der Waals surface area (Å²) in [5, 5.41) is 5.07. The van der Waals surface area contributed by atoms with Gasteiger partial charge in [-0.1, -0.05) is 19.1 Å². The minimum atomic E-state index is -3.63. The number of nitrogens with two attached hydrogens (primary N) is 1. The van der Waals surface area contributed by atoms with Crippen LogP contribution in [0.5, 0.6) is 5.75 Å². The van der Waals surface area contributed by atoms with Crippen LogP contribution in [0.1, 0.15) is 12.5 Å². The highest BCUT2D eigenvalue weighted by Crippen LogP contribution is 2.13. The Morgan fingerprint density at radius 3 is 2.25 bits per heavy atom. The summed E-state index contributed by atoms with van der Waals surface area (Å²) < 4.78 is 28.6. The summed E-state index contributed by atoms with van der Waals surface area (Å²) in [6.07, 6.45) is 0. The van der Waals surface area contributed by atoms with Gasteiger partial charge in [0, 0.05) is 13.1 Å². The van der Waals surface area contributed by atoms with E-state index in [4.69, 9.17) is 9.88 Å². The van der Waals surface area contributed by atoms with Crippen molar-refractivity contribution in [3.8, 4) is 5.75 Å². The van der Waals surface area contributed by atoms with Crippen LogP contribution in [0.25, 0.3) is 0 Å². The van der Waals surface area contributed by atoms with Gasteiger partial charge in [-0.25, -0.2) is 5.14 Å². The molecule has 1 aromatic carbocycles. The van der Waals surface area contributed by atoms with Crippen molar-refractivity contribution in [3.05, 3.63) is 29.8 Å². The molecule has 0 aliphatic carbocycles. The van der Waals surface area contributed by atoms with Gasteiger partial charge in [-0.3, -0.25) is 0 Å². The smallest absolute Gasteiger partial charge is 0.277 e. The molecule has 2 N–H and O–H groups in total. The van der Waals surface area contributed by atoms with Crippen LogP contribution in [0, 0.1) is 0 Å². The molecular formula is C10H16N2O3S. The van der Waals surface area contributed by atoms with Gasteiger partial charge in [0.25, 0.3) is 10.2 Å². The first-order valence-electron chi connectivity index (χ1n) is 4.88. The monoisotopic (exact) mass is 244 g/mol. The van der Waals surface area contributed by atoms with Crippen molar-refractivity contribution < 1.29 is 13.2 Å². The van der Waals surface area contributed by atoms with Gasteiger partial charge in [0.15, 0.2) is 0 Å². The van der Waals surface area contributed by atoms with Crippen molar-refractivity contribution >= 4 is 10.2 Å². The van der Waals surface area contributed by atoms with E-state index >= 15 is 0 Å². The van der Waals surface area contributed by atoms with Gasteiger partial charge >= 0.3 is 0 Å². The maximum absolute atomic E-state index is 11.2. The zero-order valence-electron chi connectivity index (χ0n) is 9.38. The predicted molar refractivity (Wildman–Crippen MR) is 62.2 cm³/mol. The second-order valence-electron chi connectivity index (χ2n) is 3.32. The van der Waals surface area contributed by atoms with Gasteiger partial charge in [0.2, 0.25) is 0 Å². The quantitative estimate of drug-likeness (QED) is 0.829. The fourth-order valence-corrected chi connectivity index (χ4v) is 2.01. The molecule has 0 saturated heterocycles. The third-order valence-corrected chi connectivity index (χ3v) is 3.34. The van der Waals surface area contributed by atoms with Crippen molar-refractivity contribution in [2.24, 2.45) is 5.14 Å². The summed E-state index contributed by atoms with van der Waals surface area (Å²) in [6, 6.07) is 7.19. The molecule has 0 spiro atoms. The molecule has 90 valence electrons. The highest BCUT2D eigenvalue weighted by Gasteiger charge is 2.14. The number of hydrogen-bond donors (Lipinski definition) is 1. The Labute approximate surface area is 96.0 Å². The Morgan fingerprint density at radius 2 is 1.88 bits per heavy atom. The molecule has 0 fully saturated rings. The molecule has 0 bridgehead atoms. The lowest BCUT2D eigenvalue weighted by Gasteiger charge is -2.17. The average Bonchev–Trinajstić information content (AvgIpc) is 2.25. The normalized spacial score (nSPS) is 11.8. The van der Waals surface area contributed by atoms with E-state index in [9.17, 15) is 8.42 Å². The summed E-state index contributed by atoms with van der Waals surface area (Å²) in [5.41, 5.74) is 0.872. The molecule has 0 unspecified atom stereocenters. The second kappa shape index (κ2) is 5.29. The summed E-state index contributed by atoms with van der Waals surface area (Å²) in [4.78, 5) is 0. The third-order valence-electron chi connectivity index (χ3n) is 2.23. The average molecular weight is 244 g/mol. The van der Waals surface area contributed by atoms with Gasteiger partial charge in [0.1, 0.15) is 5.75 Å². The standard InChI is InChI=1S/C10H16N2O3S/c1-3-12(16(11,13)14)8-9-4-6-10(15-2)7-5-9/h4-7H,3,8H2,1-2H3,(H2,11,13,14). The Bertz CT molecular complexity index is 428. The van der Waals surface area contributed by atoms with Crippen LogP contribution < -0.4 is 9.88 Å². The van der Waals surface area contributed by atoms with E-state index in [0.717, 1.165) is 11.3 Å². The first-order chi connectivity index (χ1) is 7.47. The van der Waals surface area contributed by atoms with Gasteiger partial charge in [-0.15, -0.1) is 0 Å². The molecule has 6 heteroatoms. The van der Waals surface area contributed by atoms with Crippen molar-refractivity contribution in [1.82, 2.24) is 4.31 Å². The Morgan fingerprint density at radius 1 is 1.31 bits per heavy atom. The lowest BCUT2D eigenvalue weighted by molar-refractivity contribution is 0.412. The van der Waals surface area contributed by atoms with Crippen molar-refractivity contribution in [2.75, 3.05) is 13.7 Å². The number of methoxy groups -OCH3 is 1. The molecule has 0 aromatic heterocycles. The van der Waals surface area contributed by atoms with Gasteiger partial charge in [-0.2, -0.15) is 12.7 Å². The van der Waals surface area contributed by atoms with E-state index < -0.39 is 10.2 Å². The van der Waals surface area contributed by atoms with E-state index in [0.29, 0.717) is 6.54 Å². The van der Waals surface area contributed by atoms with Crippen molar-refractivity contribution in [2.45, 2.75) is 13.5 Å². The van der Waals surface area contributed by atoms with Crippen LogP contribution in [-0.2, 0) is 16.8 Å². The van der Waals surface area contributed by atoms with Crippen LogP contribution in [0.15, 0.2) is 24.3 Å². The lowest BCUT2D eigenvalue weighted by Crippen LogP contribution is -2.35. The third kappa shape index (κ3) is 3.48. The molecule has 0 atom stereocenters. The number of nitrogens with zero attached hydrogens (tertiary/aromatic N) is 1. The largest absolute Gasteiger partial charge is 0.497 e. The Hall–Kier alpha value is -1.11. The zero-order valence-corrected chi connectivity index (χ0v) is 10.2. The Balaban J connectivity index is 2.79. The maximum atomic E-state index is 11.2. The Kier molecular flexibility index (Phi) is 4.28. The molecule has 0 heterocycles. The van der Waals surface area contributed by atoms with Gasteiger partial charge in [0.05, 0.1) is 7.11 Å². The fraction of sp³-hybridized carbons (Fsp3) is 0.400. The van der Waals surface area contributed by atoms with E-state index in [1.807, 2.05) is 12.1 Å². The minimum Gasteiger partial charge on any atom is -0.497 e. The molecule has 1 rings (SSSR count). The maximum Gasteiger partial charge on any atom is 0.277 e. The number of rotatable bonds is 5. The zero-order chi connectivity index (χ0) is 12.2. The highest BCUT2D eigenvalue weighted by atomic mass is 32.2. The second-order valence-corrected chi connectivity index (χ2v) is 4.87. The van der Waals surface area contributed by atoms with Crippen LogP contribution in [0.4, 0.5) is 0 Å². The van der Waals surface area contributed by atoms with Gasteiger partial charge in [-0.05, 0) is 17.7 Å². The predicted octanol–water partition coefficient (Wildman–Crippen LogP) is 0.721. The van der Waals surface area contributed by atoms with Gasteiger partial charge < -0.3 is 4.74 Å². The molecule has 5 nitrogen and oxygen atoms in total. The molecule has 0 saturated carbocycles. The number of benzene rings is 1. The summed E-state index contributed by atoms with van der Waals surface area (Å²) in [5.74, 6) is 0.738. The van der Waals surface area contributed by atoms with E-state index in [1.54, 1.807) is 26.2 Å². The summed E-state index contributed by atoms with van der Waals surface area (Å²) in [6.45, 7) is 2.37. The summed E-state index contributed by atoms with van der Waals surface area (Å²) in [7, 11) is -2.05. The van der Waals surface area contributed by atoms with Crippen LogP contribution in [-0.4, -0.2) is 26.4 Å². The topological polar surface area (TPSA) is 72.6 Å². The first kappa shape index (κ1) is 13.0. The van der Waals surface area contributed by atoms with Crippen molar-refractivity contribution in [1.29, 1.82) is 0 Å². The first-order valence-corrected chi connectivity index (χ1v) is 6.38. The van der Waals surface area contributed by atoms with Crippen LogP contribution in [0.2, 0.25) is 0 Å². The van der Waals surface area contributed by atoms with Crippen molar-refractivity contribution in [3.63, 3.8) is 0 Å². The molecule has 0 radical (unpaired) electrons. The minimum absolute atomic E-state index is 0.277. The fourth-order valence-electron chi connectivity index (χ4n) is 1.32. The lowest BCUT2D eigenvalue weighted by atomic mass is 10.2. The van der Waals surface area contributed by atoms with Crippen LogP contribution in [0.3, 0.4) is 0 Å². The molecule has 0 amide bonds. The molecule has 0 aliphatic heterocycles. The van der Waals surface area contributed by atoms with E-state index in [1.165, 1.54) is 4.31 Å². The van der Waals surface area contributed by atoms with Crippen LogP contribution >= 0.6 is 0 Å². The SMILES string of the molecule is CCN(Cc1ccc(OC)cc1)S(N)(=O)=O. The van der Waals surface area contributed by atoms with E-state index in [-0.39, 0.29) is 6.54 Å². The number of hydrogen-bond acceptors (Lipinski definition) is 3. The summed E-state index contributed by atoms with van der Waals surface area (Å²) >= 11 is 0. The van der Waals surface area contributed by atoms with E-state index in [2.05, 4.69) is 0 Å². The molecule has 16 heavy (non-hydrogen) atoms. The highest BCUT2D eigenvalue weighted by molar-refractivity contribution is 7.86.